The number of aromatic nitrogens is 1. The Morgan fingerprint density at radius 1 is 1.11 bits per heavy atom. The van der Waals surface area contributed by atoms with E-state index < -0.39 is 4.92 Å². The first-order chi connectivity index (χ1) is 13.0. The average molecular weight is 363 g/mol. The van der Waals surface area contributed by atoms with E-state index in [0.717, 1.165) is 5.56 Å². The second-order valence-corrected chi connectivity index (χ2v) is 6.25. The van der Waals surface area contributed by atoms with Gasteiger partial charge in [0.15, 0.2) is 0 Å². The first kappa shape index (κ1) is 18.5. The molecule has 2 aromatic carbocycles. The van der Waals surface area contributed by atoms with Gasteiger partial charge in [-0.05, 0) is 32.4 Å². The summed E-state index contributed by atoms with van der Waals surface area (Å²) in [6.07, 6.45) is 0. The summed E-state index contributed by atoms with van der Waals surface area (Å²) >= 11 is 0. The van der Waals surface area contributed by atoms with Crippen molar-refractivity contribution in [1.82, 2.24) is 9.88 Å². The maximum Gasteiger partial charge on any atom is 0.270 e. The average Bonchev–Trinajstić information content (AvgIpc) is 2.68. The lowest BCUT2D eigenvalue weighted by molar-refractivity contribution is -0.384. The van der Waals surface area contributed by atoms with Crippen molar-refractivity contribution in [3.63, 3.8) is 0 Å². The number of amides is 1. The van der Waals surface area contributed by atoms with Crippen LogP contribution in [0.2, 0.25) is 0 Å². The highest BCUT2D eigenvalue weighted by molar-refractivity contribution is 6.10. The van der Waals surface area contributed by atoms with E-state index in [1.165, 1.54) is 12.1 Å². The smallest absolute Gasteiger partial charge is 0.270 e. The number of pyridine rings is 1. The van der Waals surface area contributed by atoms with Crippen molar-refractivity contribution in [3.05, 3.63) is 69.9 Å². The Balaban J connectivity index is 2.41. The van der Waals surface area contributed by atoms with Gasteiger partial charge in [0.1, 0.15) is 0 Å². The van der Waals surface area contributed by atoms with Crippen molar-refractivity contribution in [2.75, 3.05) is 13.1 Å². The number of non-ortho nitro benzene ring substituents is 1. The number of rotatable bonds is 5. The number of benzene rings is 2. The van der Waals surface area contributed by atoms with E-state index in [9.17, 15) is 14.9 Å². The summed E-state index contributed by atoms with van der Waals surface area (Å²) in [6, 6.07) is 14.1. The molecule has 1 aromatic heterocycles. The molecule has 6 heteroatoms. The number of nitrogens with zero attached hydrogens (tertiary/aromatic N) is 3. The van der Waals surface area contributed by atoms with Gasteiger partial charge in [-0.15, -0.1) is 0 Å². The normalized spacial score (nSPS) is 10.8. The number of hydrogen-bond acceptors (Lipinski definition) is 4. The van der Waals surface area contributed by atoms with Crippen LogP contribution in [0, 0.1) is 17.0 Å². The van der Waals surface area contributed by atoms with Crippen molar-refractivity contribution in [2.45, 2.75) is 20.8 Å². The van der Waals surface area contributed by atoms with Crippen molar-refractivity contribution in [3.8, 4) is 11.1 Å². The van der Waals surface area contributed by atoms with E-state index in [4.69, 9.17) is 0 Å². The molecule has 0 aliphatic carbocycles. The Morgan fingerprint density at radius 2 is 1.78 bits per heavy atom. The fourth-order valence-corrected chi connectivity index (χ4v) is 3.32. The number of nitro benzene ring substituents is 1. The first-order valence-corrected chi connectivity index (χ1v) is 8.91. The fourth-order valence-electron chi connectivity index (χ4n) is 3.32. The molecule has 3 rings (SSSR count). The van der Waals surface area contributed by atoms with Crippen LogP contribution < -0.4 is 0 Å². The highest BCUT2D eigenvalue weighted by Crippen LogP contribution is 2.35. The quantitative estimate of drug-likeness (QED) is 0.490. The summed E-state index contributed by atoms with van der Waals surface area (Å²) in [5.74, 6) is -0.114. The summed E-state index contributed by atoms with van der Waals surface area (Å²) in [5, 5.41) is 11.9. The van der Waals surface area contributed by atoms with Crippen LogP contribution in [0.25, 0.3) is 22.0 Å². The van der Waals surface area contributed by atoms with Crippen LogP contribution in [-0.2, 0) is 0 Å². The lowest BCUT2D eigenvalue weighted by atomic mass is 9.93. The van der Waals surface area contributed by atoms with Gasteiger partial charge < -0.3 is 4.90 Å². The molecule has 0 aliphatic rings. The first-order valence-electron chi connectivity index (χ1n) is 8.91. The number of aryl methyl sites for hydroxylation is 1. The molecular weight excluding hydrogens is 342 g/mol. The molecule has 3 aromatic rings. The topological polar surface area (TPSA) is 76.3 Å². The van der Waals surface area contributed by atoms with E-state index in [1.807, 2.05) is 51.1 Å². The molecule has 0 unspecified atom stereocenters. The molecule has 0 bridgehead atoms. The molecule has 0 atom stereocenters. The van der Waals surface area contributed by atoms with E-state index >= 15 is 0 Å². The Labute approximate surface area is 157 Å². The highest BCUT2D eigenvalue weighted by atomic mass is 16.6. The lowest BCUT2D eigenvalue weighted by Gasteiger charge is -2.22. The Kier molecular flexibility index (Phi) is 5.16. The van der Waals surface area contributed by atoms with E-state index in [2.05, 4.69) is 4.98 Å². The van der Waals surface area contributed by atoms with E-state index in [-0.39, 0.29) is 11.6 Å². The molecule has 138 valence electrons. The zero-order valence-electron chi connectivity index (χ0n) is 15.6. The minimum atomic E-state index is -0.431. The molecule has 0 saturated carbocycles. The summed E-state index contributed by atoms with van der Waals surface area (Å²) in [6.45, 7) is 6.83. The summed E-state index contributed by atoms with van der Waals surface area (Å²) in [7, 11) is 0. The molecule has 27 heavy (non-hydrogen) atoms. The van der Waals surface area contributed by atoms with Crippen LogP contribution in [0.1, 0.15) is 29.9 Å². The van der Waals surface area contributed by atoms with Gasteiger partial charge in [0.05, 0.1) is 21.7 Å². The second-order valence-electron chi connectivity index (χ2n) is 6.25. The van der Waals surface area contributed by atoms with Gasteiger partial charge >= 0.3 is 0 Å². The van der Waals surface area contributed by atoms with Crippen molar-refractivity contribution in [1.29, 1.82) is 0 Å². The second kappa shape index (κ2) is 7.53. The van der Waals surface area contributed by atoms with Crippen molar-refractivity contribution >= 4 is 22.5 Å². The summed E-state index contributed by atoms with van der Waals surface area (Å²) in [5.41, 5.74) is 3.26. The highest BCUT2D eigenvalue weighted by Gasteiger charge is 2.24. The van der Waals surface area contributed by atoms with Crippen LogP contribution in [0.5, 0.6) is 0 Å². The Morgan fingerprint density at radius 3 is 2.37 bits per heavy atom. The molecular formula is C21H21N3O3. The number of carbonyl (C=O) groups excluding carboxylic acids is 1. The molecule has 1 heterocycles. The SMILES string of the molecule is CCN(CC)C(=O)c1c(C)nc2ccc([N+](=O)[O-])cc2c1-c1ccccc1. The number of hydrogen-bond donors (Lipinski definition) is 0. The maximum absolute atomic E-state index is 13.2. The number of fused-ring (bicyclic) bond motifs is 1. The molecule has 1 amide bonds. The molecule has 0 spiro atoms. The molecule has 6 nitrogen and oxygen atoms in total. The van der Waals surface area contributed by atoms with Gasteiger partial charge in [0.25, 0.3) is 11.6 Å². The van der Waals surface area contributed by atoms with Gasteiger partial charge in [-0.2, -0.15) is 0 Å². The summed E-state index contributed by atoms with van der Waals surface area (Å²) < 4.78 is 0. The molecule has 0 N–H and O–H groups in total. The number of nitro groups is 1. The van der Waals surface area contributed by atoms with E-state index in [0.29, 0.717) is 40.8 Å². The minimum absolute atomic E-state index is 0.0217. The molecule has 0 radical (unpaired) electrons. The zero-order chi connectivity index (χ0) is 19.6. The predicted molar refractivity (Wildman–Crippen MR) is 106 cm³/mol. The van der Waals surface area contributed by atoms with Gasteiger partial charge in [-0.25, -0.2) is 0 Å². The Hall–Kier alpha value is -3.28. The lowest BCUT2D eigenvalue weighted by Crippen LogP contribution is -2.31. The predicted octanol–water partition coefficient (Wildman–Crippen LogP) is 4.60. The zero-order valence-corrected chi connectivity index (χ0v) is 15.6. The van der Waals surface area contributed by atoms with Crippen molar-refractivity contribution < 1.29 is 9.72 Å². The van der Waals surface area contributed by atoms with Crippen LogP contribution >= 0.6 is 0 Å². The van der Waals surface area contributed by atoms with Crippen LogP contribution in [-0.4, -0.2) is 33.8 Å². The molecule has 0 aliphatic heterocycles. The largest absolute Gasteiger partial charge is 0.339 e. The van der Waals surface area contributed by atoms with Crippen molar-refractivity contribution in [2.24, 2.45) is 0 Å². The minimum Gasteiger partial charge on any atom is -0.339 e. The van der Waals surface area contributed by atoms with Crippen LogP contribution in [0.4, 0.5) is 5.69 Å². The standard InChI is InChI=1S/C21H21N3O3/c1-4-23(5-2)21(25)19-14(3)22-18-12-11-16(24(26)27)13-17(18)20(19)15-9-7-6-8-10-15/h6-13H,4-5H2,1-3H3. The maximum atomic E-state index is 13.2. The third-order valence-electron chi connectivity index (χ3n) is 4.69. The monoisotopic (exact) mass is 363 g/mol. The Bertz CT molecular complexity index is 1010. The molecule has 0 saturated heterocycles. The number of carbonyl (C=O) groups is 1. The third-order valence-corrected chi connectivity index (χ3v) is 4.69. The van der Waals surface area contributed by atoms with Gasteiger partial charge in [-0.1, -0.05) is 30.3 Å². The fraction of sp³-hybridized carbons (Fsp3) is 0.238. The van der Waals surface area contributed by atoms with Crippen LogP contribution in [0.3, 0.4) is 0 Å². The third kappa shape index (κ3) is 3.38. The van der Waals surface area contributed by atoms with E-state index in [1.54, 1.807) is 11.0 Å². The van der Waals surface area contributed by atoms with Gasteiger partial charge in [-0.3, -0.25) is 19.9 Å². The van der Waals surface area contributed by atoms with Gasteiger partial charge in [0.2, 0.25) is 0 Å². The van der Waals surface area contributed by atoms with Gasteiger partial charge in [0, 0.05) is 36.2 Å². The molecule has 0 fully saturated rings. The summed E-state index contributed by atoms with van der Waals surface area (Å²) in [4.78, 5) is 30.4. The van der Waals surface area contributed by atoms with Crippen LogP contribution in [0.15, 0.2) is 48.5 Å².